The Morgan fingerprint density at radius 1 is 1.04 bits per heavy atom. The Morgan fingerprint density at radius 2 is 1.67 bits per heavy atom. The van der Waals surface area contributed by atoms with Gasteiger partial charge < -0.3 is 17.3 Å². The number of rotatable bonds is 3. The van der Waals surface area contributed by atoms with Gasteiger partial charge in [0.1, 0.15) is 5.69 Å². The zero-order valence-corrected chi connectivity index (χ0v) is 15.7. The second-order valence-electron chi connectivity index (χ2n) is 5.78. The zero-order chi connectivity index (χ0) is 16.4. The first-order chi connectivity index (χ1) is 11.0. The molecule has 1 N–H and O–H groups in total. The molecule has 0 bridgehead atoms. The third-order valence-electron chi connectivity index (χ3n) is 4.29. The summed E-state index contributed by atoms with van der Waals surface area (Å²) in [6.07, 6.45) is 0. The van der Waals surface area contributed by atoms with E-state index in [1.807, 2.05) is 24.3 Å². The van der Waals surface area contributed by atoms with Crippen LogP contribution in [-0.2, 0) is 10.0 Å². The average molecular weight is 387 g/mol. The molecular weight excluding hydrogens is 367 g/mol. The number of sulfonamides is 1. The molecule has 0 radical (unpaired) electrons. The fourth-order valence-corrected chi connectivity index (χ4v) is 4.62. The van der Waals surface area contributed by atoms with Gasteiger partial charge in [-0.15, -0.1) is 0 Å². The van der Waals surface area contributed by atoms with Crippen LogP contribution in [0.1, 0.15) is 5.56 Å². The van der Waals surface area contributed by atoms with E-state index in [1.165, 1.54) is 10.5 Å². The van der Waals surface area contributed by atoms with E-state index in [0.29, 0.717) is 18.0 Å². The summed E-state index contributed by atoms with van der Waals surface area (Å²) < 4.78 is 26.9. The van der Waals surface area contributed by atoms with E-state index in [9.17, 15) is 8.42 Å². The lowest BCUT2D eigenvalue weighted by atomic mass is 10.1. The number of nitrogens with zero attached hydrogens (tertiary/aromatic N) is 1. The Balaban J connectivity index is 0.00000208. The maximum atomic E-state index is 12.6. The van der Waals surface area contributed by atoms with Crippen LogP contribution in [-0.4, -0.2) is 38.9 Å². The van der Waals surface area contributed by atoms with Crippen LogP contribution in [0.15, 0.2) is 53.4 Å². The molecule has 1 aliphatic heterocycles. The molecule has 130 valence electrons. The number of hydrogen-bond donors (Lipinski definition) is 1. The van der Waals surface area contributed by atoms with Gasteiger partial charge in [-0.25, -0.2) is 8.42 Å². The first-order valence-corrected chi connectivity index (χ1v) is 9.47. The summed E-state index contributed by atoms with van der Waals surface area (Å²) in [5, 5.41) is 0.720. The van der Waals surface area contributed by atoms with Crippen molar-refractivity contribution in [1.29, 1.82) is 0 Å². The van der Waals surface area contributed by atoms with Gasteiger partial charge in [-0.2, -0.15) is 4.31 Å². The fourth-order valence-electron chi connectivity index (χ4n) is 2.98. The van der Waals surface area contributed by atoms with Gasteiger partial charge in [-0.05, 0) is 25.1 Å². The lowest BCUT2D eigenvalue weighted by Gasteiger charge is -2.31. The van der Waals surface area contributed by atoms with Crippen molar-refractivity contribution in [3.8, 4) is 0 Å². The van der Waals surface area contributed by atoms with Gasteiger partial charge in [0.25, 0.3) is 0 Å². The molecule has 4 nitrogen and oxygen atoms in total. The fraction of sp³-hybridized carbons (Fsp3) is 0.294. The molecule has 0 atom stereocenters. The smallest absolute Gasteiger partial charge is 0.243 e. The zero-order valence-electron chi connectivity index (χ0n) is 13.4. The highest BCUT2D eigenvalue weighted by Crippen LogP contribution is 2.18. The maximum absolute atomic E-state index is 12.6. The number of piperazine rings is 1. The highest BCUT2D eigenvalue weighted by atomic mass is 35.5. The van der Waals surface area contributed by atoms with Gasteiger partial charge in [0, 0.05) is 16.7 Å². The van der Waals surface area contributed by atoms with E-state index in [4.69, 9.17) is 11.6 Å². The van der Waals surface area contributed by atoms with Crippen molar-refractivity contribution in [2.75, 3.05) is 26.2 Å². The van der Waals surface area contributed by atoms with E-state index in [-0.39, 0.29) is 12.4 Å². The monoisotopic (exact) mass is 386 g/mol. The van der Waals surface area contributed by atoms with Crippen LogP contribution in [0.2, 0.25) is 5.02 Å². The topological polar surface area (TPSA) is 41.8 Å². The number of halogens is 2. The Labute approximate surface area is 154 Å². The Kier molecular flexibility index (Phi) is 6.28. The average Bonchev–Trinajstić information content (AvgIpc) is 2.58. The molecule has 1 saturated heterocycles. The predicted molar refractivity (Wildman–Crippen MR) is 91.7 cm³/mol. The minimum atomic E-state index is -3.39. The van der Waals surface area contributed by atoms with E-state index >= 15 is 0 Å². The molecule has 7 heteroatoms. The molecule has 2 aromatic rings. The molecule has 0 saturated carbocycles. The number of benzene rings is 2. The standard InChI is InChI=1S/C17H19ClN2O2S.ClH/c1-14-7-8-15(18)13-17(14)19-9-11-20(12-10-19)23(21,22)16-5-3-2-4-6-16;/h2-8,13H,9-12H2,1H3;1H. The van der Waals surface area contributed by atoms with Crippen LogP contribution >= 0.6 is 11.6 Å². The molecule has 1 fully saturated rings. The summed E-state index contributed by atoms with van der Waals surface area (Å²) in [6.45, 7) is 4.57. The summed E-state index contributed by atoms with van der Waals surface area (Å²) in [5.41, 5.74) is 2.35. The predicted octanol–water partition coefficient (Wildman–Crippen LogP) is -1.13. The quantitative estimate of drug-likeness (QED) is 0.725. The second kappa shape index (κ2) is 7.85. The molecule has 3 rings (SSSR count). The molecule has 0 aromatic heterocycles. The highest BCUT2D eigenvalue weighted by Gasteiger charge is 2.31. The van der Waals surface area contributed by atoms with Gasteiger partial charge in [-0.3, -0.25) is 0 Å². The Hall–Kier alpha value is -1.11. The Bertz CT molecular complexity index is 789. The van der Waals surface area contributed by atoms with Crippen LogP contribution in [0.25, 0.3) is 0 Å². The number of aryl methyl sites for hydroxylation is 1. The van der Waals surface area contributed by atoms with Crippen molar-refractivity contribution < 1.29 is 25.7 Å². The van der Waals surface area contributed by atoms with E-state index in [1.54, 1.807) is 28.6 Å². The highest BCUT2D eigenvalue weighted by molar-refractivity contribution is 7.89. The lowest BCUT2D eigenvalue weighted by molar-refractivity contribution is -0.837. The summed E-state index contributed by atoms with van der Waals surface area (Å²) in [6, 6.07) is 14.5. The van der Waals surface area contributed by atoms with Gasteiger partial charge in [0.05, 0.1) is 31.1 Å². The van der Waals surface area contributed by atoms with Crippen LogP contribution in [0, 0.1) is 6.92 Å². The van der Waals surface area contributed by atoms with E-state index in [0.717, 1.165) is 23.8 Å². The van der Waals surface area contributed by atoms with Crippen molar-refractivity contribution in [3.05, 3.63) is 59.1 Å². The van der Waals surface area contributed by atoms with Crippen molar-refractivity contribution in [1.82, 2.24) is 4.31 Å². The molecule has 24 heavy (non-hydrogen) atoms. The van der Waals surface area contributed by atoms with Crippen molar-refractivity contribution in [2.45, 2.75) is 11.8 Å². The molecule has 2 aromatic carbocycles. The van der Waals surface area contributed by atoms with Gasteiger partial charge in [0.15, 0.2) is 0 Å². The largest absolute Gasteiger partial charge is 1.00 e. The van der Waals surface area contributed by atoms with Crippen molar-refractivity contribution in [3.63, 3.8) is 0 Å². The van der Waals surface area contributed by atoms with E-state index < -0.39 is 10.0 Å². The van der Waals surface area contributed by atoms with Crippen LogP contribution in [0.5, 0.6) is 0 Å². The van der Waals surface area contributed by atoms with Crippen LogP contribution in [0.4, 0.5) is 5.69 Å². The van der Waals surface area contributed by atoms with Gasteiger partial charge in [-0.1, -0.05) is 35.9 Å². The third-order valence-corrected chi connectivity index (χ3v) is 6.44. The summed E-state index contributed by atoms with van der Waals surface area (Å²) in [5.74, 6) is 0. The molecular formula is C17H20Cl2N2O2S. The van der Waals surface area contributed by atoms with Gasteiger partial charge in [0.2, 0.25) is 10.0 Å². The SMILES string of the molecule is Cc1ccc(Cl)cc1[NH+]1CCN(S(=O)(=O)c2ccccc2)CC1.[Cl-]. The number of hydrogen-bond acceptors (Lipinski definition) is 2. The lowest BCUT2D eigenvalue weighted by Crippen LogP contribution is -3.10. The summed E-state index contributed by atoms with van der Waals surface area (Å²) in [4.78, 5) is 1.65. The van der Waals surface area contributed by atoms with Crippen LogP contribution in [0.3, 0.4) is 0 Å². The second-order valence-corrected chi connectivity index (χ2v) is 8.15. The number of nitrogens with one attached hydrogen (secondary N) is 1. The summed E-state index contributed by atoms with van der Waals surface area (Å²) >= 11 is 6.10. The minimum Gasteiger partial charge on any atom is -1.00 e. The van der Waals surface area contributed by atoms with Crippen molar-refractivity contribution in [2.24, 2.45) is 0 Å². The Morgan fingerprint density at radius 3 is 2.29 bits per heavy atom. The first-order valence-electron chi connectivity index (χ1n) is 7.65. The first kappa shape index (κ1) is 19.2. The molecule has 0 aliphatic carbocycles. The van der Waals surface area contributed by atoms with E-state index in [2.05, 4.69) is 6.92 Å². The van der Waals surface area contributed by atoms with Gasteiger partial charge >= 0.3 is 0 Å². The molecule has 0 unspecified atom stereocenters. The van der Waals surface area contributed by atoms with Crippen LogP contribution < -0.4 is 17.3 Å². The number of quaternary nitrogens is 1. The maximum Gasteiger partial charge on any atom is 0.243 e. The third kappa shape index (κ3) is 3.92. The molecule has 0 spiro atoms. The minimum absolute atomic E-state index is 0. The molecule has 1 aliphatic rings. The molecule has 0 amide bonds. The normalized spacial score (nSPS) is 16.6. The summed E-state index contributed by atoms with van der Waals surface area (Å²) in [7, 11) is -3.39. The molecule has 1 heterocycles. The van der Waals surface area contributed by atoms with Crippen molar-refractivity contribution >= 4 is 27.3 Å².